The first kappa shape index (κ1) is 21.7. The molecule has 0 unspecified atom stereocenters. The summed E-state index contributed by atoms with van der Waals surface area (Å²) >= 11 is 5.99. The first-order valence-electron chi connectivity index (χ1n) is 10.2. The minimum Gasteiger partial charge on any atom is -0.496 e. The van der Waals surface area contributed by atoms with E-state index in [1.807, 2.05) is 72.6 Å². The molecule has 3 aromatic carbocycles. The number of benzene rings is 3. The number of carbonyl (C=O) groups excluding carboxylic acids is 2. The molecule has 4 rings (SSSR count). The van der Waals surface area contributed by atoms with Crippen molar-refractivity contribution in [2.75, 3.05) is 14.2 Å². The molecule has 5 nitrogen and oxygen atoms in total. The maximum Gasteiger partial charge on any atom is 0.278 e. The number of methoxy groups -OCH3 is 1. The molecule has 0 fully saturated rings. The van der Waals surface area contributed by atoms with E-state index in [1.165, 1.54) is 4.90 Å². The fraction of sp³-hybridized carbons (Fsp3) is 0.154. The maximum absolute atomic E-state index is 13.6. The van der Waals surface area contributed by atoms with Crippen LogP contribution in [0.25, 0.3) is 5.57 Å². The number of amides is 2. The topological polar surface area (TPSA) is 49.9 Å². The van der Waals surface area contributed by atoms with E-state index in [4.69, 9.17) is 16.3 Å². The molecule has 0 bridgehead atoms. The first-order valence-corrected chi connectivity index (χ1v) is 10.6. The predicted molar refractivity (Wildman–Crippen MR) is 125 cm³/mol. The smallest absolute Gasteiger partial charge is 0.278 e. The van der Waals surface area contributed by atoms with Crippen LogP contribution >= 0.6 is 11.6 Å². The summed E-state index contributed by atoms with van der Waals surface area (Å²) in [6, 6.07) is 24.2. The lowest BCUT2D eigenvalue weighted by molar-refractivity contribution is -0.138. The fourth-order valence-electron chi connectivity index (χ4n) is 3.86. The Morgan fingerprint density at radius 2 is 1.50 bits per heavy atom. The Morgan fingerprint density at radius 1 is 0.844 bits per heavy atom. The van der Waals surface area contributed by atoms with Gasteiger partial charge in [-0.2, -0.15) is 0 Å². The number of hydrogen-bond acceptors (Lipinski definition) is 4. The molecule has 162 valence electrons. The molecule has 2 amide bonds. The second-order valence-electron chi connectivity index (χ2n) is 7.59. The van der Waals surface area contributed by atoms with Crippen LogP contribution in [0.2, 0.25) is 5.02 Å². The lowest BCUT2D eigenvalue weighted by atomic mass is 10.0. The van der Waals surface area contributed by atoms with Crippen molar-refractivity contribution in [2.45, 2.75) is 13.1 Å². The number of nitrogens with zero attached hydrogens (tertiary/aromatic N) is 2. The molecule has 6 heteroatoms. The van der Waals surface area contributed by atoms with Crippen LogP contribution < -0.4 is 4.74 Å². The molecular formula is C26H23ClN2O3. The molecule has 0 aromatic heterocycles. The van der Waals surface area contributed by atoms with Crippen molar-refractivity contribution >= 4 is 29.0 Å². The third-order valence-electron chi connectivity index (χ3n) is 5.42. The van der Waals surface area contributed by atoms with E-state index < -0.39 is 0 Å². The maximum atomic E-state index is 13.6. The van der Waals surface area contributed by atoms with Gasteiger partial charge in [0.25, 0.3) is 11.8 Å². The summed E-state index contributed by atoms with van der Waals surface area (Å²) in [5.74, 6) is -0.128. The van der Waals surface area contributed by atoms with E-state index in [2.05, 4.69) is 0 Å². The molecule has 32 heavy (non-hydrogen) atoms. The zero-order valence-corrected chi connectivity index (χ0v) is 18.7. The Bertz CT molecular complexity index is 1170. The van der Waals surface area contributed by atoms with Gasteiger partial charge in [-0.25, -0.2) is 0 Å². The molecule has 0 saturated heterocycles. The van der Waals surface area contributed by atoms with Crippen LogP contribution in [0, 0.1) is 0 Å². The Kier molecular flexibility index (Phi) is 6.28. The van der Waals surface area contributed by atoms with Crippen LogP contribution in [0.4, 0.5) is 0 Å². The number of hydrogen-bond donors (Lipinski definition) is 0. The Labute approximate surface area is 192 Å². The highest BCUT2D eigenvalue weighted by Gasteiger charge is 2.41. The lowest BCUT2D eigenvalue weighted by Crippen LogP contribution is -2.33. The van der Waals surface area contributed by atoms with Crippen molar-refractivity contribution in [1.29, 1.82) is 0 Å². The van der Waals surface area contributed by atoms with Gasteiger partial charge < -0.3 is 9.64 Å². The summed E-state index contributed by atoms with van der Waals surface area (Å²) in [4.78, 5) is 30.2. The molecule has 0 N–H and O–H groups in total. The zero-order valence-electron chi connectivity index (χ0n) is 17.9. The third kappa shape index (κ3) is 4.25. The highest BCUT2D eigenvalue weighted by molar-refractivity contribution is 6.36. The quantitative estimate of drug-likeness (QED) is 0.491. The number of halogens is 1. The molecule has 3 aromatic rings. The second kappa shape index (κ2) is 9.28. The van der Waals surface area contributed by atoms with Gasteiger partial charge in [0.15, 0.2) is 0 Å². The Balaban J connectivity index is 1.76. The molecular weight excluding hydrogens is 424 g/mol. The molecule has 0 atom stereocenters. The monoisotopic (exact) mass is 446 g/mol. The van der Waals surface area contributed by atoms with Gasteiger partial charge in [0.1, 0.15) is 11.4 Å². The summed E-state index contributed by atoms with van der Waals surface area (Å²) in [6.07, 6.45) is 0. The average molecular weight is 447 g/mol. The zero-order chi connectivity index (χ0) is 22.7. The number of likely N-dealkylation sites (N-methyl/N-ethyl adjacent to an activating group) is 1. The van der Waals surface area contributed by atoms with Crippen molar-refractivity contribution in [3.63, 3.8) is 0 Å². The van der Waals surface area contributed by atoms with Crippen LogP contribution in [0.1, 0.15) is 16.7 Å². The fourth-order valence-corrected chi connectivity index (χ4v) is 3.99. The summed E-state index contributed by atoms with van der Waals surface area (Å²) in [6.45, 7) is 0.652. The highest BCUT2D eigenvalue weighted by atomic mass is 35.5. The van der Waals surface area contributed by atoms with E-state index in [0.29, 0.717) is 34.2 Å². The van der Waals surface area contributed by atoms with E-state index in [0.717, 1.165) is 11.1 Å². The predicted octanol–water partition coefficient (Wildman–Crippen LogP) is 4.76. The molecule has 0 spiro atoms. The van der Waals surface area contributed by atoms with Gasteiger partial charge in [-0.1, -0.05) is 72.3 Å². The number of carbonyl (C=O) groups is 2. The standard InChI is InChI=1S/C26H23ClN2O3/c1-28(16-18-8-4-3-5-9-18)24-23(21-10-6-7-11-22(21)32-2)25(30)29(26(24)31)17-19-12-14-20(27)15-13-19/h3-15H,16-17H2,1-2H3. The Hall–Kier alpha value is -3.57. The van der Waals surface area contributed by atoms with Crippen LogP contribution in [0.15, 0.2) is 84.6 Å². The summed E-state index contributed by atoms with van der Waals surface area (Å²) < 4.78 is 5.50. The number of para-hydroxylation sites is 1. The van der Waals surface area contributed by atoms with E-state index in [9.17, 15) is 9.59 Å². The van der Waals surface area contributed by atoms with Crippen molar-refractivity contribution in [3.8, 4) is 5.75 Å². The lowest BCUT2D eigenvalue weighted by Gasteiger charge is -2.22. The van der Waals surface area contributed by atoms with Gasteiger partial charge in [0.05, 0.1) is 19.2 Å². The molecule has 0 saturated carbocycles. The third-order valence-corrected chi connectivity index (χ3v) is 5.67. The van der Waals surface area contributed by atoms with Crippen LogP contribution in [-0.2, 0) is 22.7 Å². The van der Waals surface area contributed by atoms with E-state index in [1.54, 1.807) is 25.3 Å². The van der Waals surface area contributed by atoms with Gasteiger partial charge >= 0.3 is 0 Å². The molecule has 1 heterocycles. The molecule has 0 radical (unpaired) electrons. The number of ether oxygens (including phenoxy) is 1. The molecule has 0 aliphatic carbocycles. The number of rotatable bonds is 7. The van der Waals surface area contributed by atoms with Crippen molar-refractivity contribution in [1.82, 2.24) is 9.80 Å². The van der Waals surface area contributed by atoms with Gasteiger partial charge in [-0.3, -0.25) is 14.5 Å². The SMILES string of the molecule is COc1ccccc1C1=C(N(C)Cc2ccccc2)C(=O)N(Cc2ccc(Cl)cc2)C1=O. The number of imide groups is 1. The van der Waals surface area contributed by atoms with E-state index >= 15 is 0 Å². The van der Waals surface area contributed by atoms with E-state index in [-0.39, 0.29) is 18.4 Å². The van der Waals surface area contributed by atoms with Crippen LogP contribution in [0.3, 0.4) is 0 Å². The first-order chi connectivity index (χ1) is 15.5. The minimum absolute atomic E-state index is 0.163. The largest absolute Gasteiger partial charge is 0.496 e. The van der Waals surface area contributed by atoms with Gasteiger partial charge in [0, 0.05) is 24.2 Å². The van der Waals surface area contributed by atoms with Crippen molar-refractivity contribution < 1.29 is 14.3 Å². The van der Waals surface area contributed by atoms with Crippen LogP contribution in [0.5, 0.6) is 5.75 Å². The van der Waals surface area contributed by atoms with Crippen LogP contribution in [-0.4, -0.2) is 35.8 Å². The van der Waals surface area contributed by atoms with Crippen molar-refractivity contribution in [2.24, 2.45) is 0 Å². The highest BCUT2D eigenvalue weighted by Crippen LogP contribution is 2.36. The Morgan fingerprint density at radius 3 is 2.19 bits per heavy atom. The molecule has 1 aliphatic heterocycles. The summed E-state index contributed by atoms with van der Waals surface area (Å²) in [7, 11) is 3.38. The second-order valence-corrected chi connectivity index (χ2v) is 8.02. The minimum atomic E-state index is -0.343. The average Bonchev–Trinajstić information content (AvgIpc) is 3.05. The normalized spacial score (nSPS) is 13.7. The van der Waals surface area contributed by atoms with Gasteiger partial charge in [-0.05, 0) is 29.3 Å². The van der Waals surface area contributed by atoms with Gasteiger partial charge in [-0.15, -0.1) is 0 Å². The summed E-state index contributed by atoms with van der Waals surface area (Å²) in [5.41, 5.74) is 3.17. The van der Waals surface area contributed by atoms with Crippen molar-refractivity contribution in [3.05, 3.63) is 106 Å². The molecule has 1 aliphatic rings. The van der Waals surface area contributed by atoms with Gasteiger partial charge in [0.2, 0.25) is 0 Å². The summed E-state index contributed by atoms with van der Waals surface area (Å²) in [5, 5.41) is 0.601.